The van der Waals surface area contributed by atoms with Gasteiger partial charge in [-0.2, -0.15) is 0 Å². The molecule has 0 aliphatic carbocycles. The molecule has 0 saturated heterocycles. The number of hydrogen-bond donors (Lipinski definition) is 0. The normalized spacial score (nSPS) is 13.4. The summed E-state index contributed by atoms with van der Waals surface area (Å²) >= 11 is 0. The topological polar surface area (TPSA) is 78.9 Å². The minimum absolute atomic E-state index is 0.131. The van der Waals surface area contributed by atoms with Crippen LogP contribution in [0.1, 0.15) is 175 Å². The van der Waals surface area contributed by atoms with E-state index < -0.39 is 6.10 Å². The largest absolute Gasteiger partial charge is 0.462 e. The molecule has 0 N–H and O–H groups in total. The summed E-state index contributed by atoms with van der Waals surface area (Å²) in [7, 11) is 0. The zero-order chi connectivity index (χ0) is 45.8. The van der Waals surface area contributed by atoms with Crippen molar-refractivity contribution in [3.63, 3.8) is 0 Å². The molecule has 0 radical (unpaired) electrons. The Kier molecular flexibility index (Phi) is 46.2. The molecule has 0 heterocycles. The highest BCUT2D eigenvalue weighted by molar-refractivity contribution is 5.71. The minimum Gasteiger partial charge on any atom is -0.462 e. The van der Waals surface area contributed by atoms with Crippen LogP contribution in [0.15, 0.2) is 146 Å². The predicted molar refractivity (Wildman–Crippen MR) is 269 cm³/mol. The Hall–Kier alpha value is -4.71. The fourth-order valence-electron chi connectivity index (χ4n) is 5.83. The van der Waals surface area contributed by atoms with Gasteiger partial charge in [-0.3, -0.25) is 14.4 Å². The lowest BCUT2D eigenvalue weighted by atomic mass is 10.1. The molecule has 0 bridgehead atoms. The van der Waals surface area contributed by atoms with Crippen LogP contribution in [0.25, 0.3) is 0 Å². The molecule has 0 saturated carbocycles. The number of rotatable bonds is 41. The van der Waals surface area contributed by atoms with Crippen LogP contribution >= 0.6 is 0 Å². The molecule has 350 valence electrons. The van der Waals surface area contributed by atoms with Crippen LogP contribution in [0.4, 0.5) is 0 Å². The number of esters is 3. The van der Waals surface area contributed by atoms with Crippen LogP contribution < -0.4 is 0 Å². The Morgan fingerprint density at radius 1 is 0.333 bits per heavy atom. The second-order valence-electron chi connectivity index (χ2n) is 15.3. The molecule has 0 aliphatic rings. The Balaban J connectivity index is 4.62. The molecule has 0 aromatic heterocycles. The smallest absolute Gasteiger partial charge is 0.306 e. The zero-order valence-corrected chi connectivity index (χ0v) is 39.8. The first-order valence-corrected chi connectivity index (χ1v) is 24.4. The highest BCUT2D eigenvalue weighted by Gasteiger charge is 2.19. The average Bonchev–Trinajstić information content (AvgIpc) is 3.28. The molecule has 63 heavy (non-hydrogen) atoms. The van der Waals surface area contributed by atoms with E-state index in [-0.39, 0.29) is 44.0 Å². The van der Waals surface area contributed by atoms with E-state index >= 15 is 0 Å². The van der Waals surface area contributed by atoms with Crippen LogP contribution in [-0.4, -0.2) is 37.2 Å². The molecule has 1 atom stereocenters. The lowest BCUT2D eigenvalue weighted by Crippen LogP contribution is -2.30. The van der Waals surface area contributed by atoms with Crippen molar-refractivity contribution >= 4 is 17.9 Å². The van der Waals surface area contributed by atoms with Gasteiger partial charge in [0.1, 0.15) is 13.2 Å². The summed E-state index contributed by atoms with van der Waals surface area (Å²) in [5, 5.41) is 0. The van der Waals surface area contributed by atoms with E-state index in [1.807, 2.05) is 18.2 Å². The Morgan fingerprint density at radius 2 is 0.683 bits per heavy atom. The molecule has 0 rings (SSSR count). The number of unbranched alkanes of at least 4 members (excludes halogenated alkanes) is 8. The van der Waals surface area contributed by atoms with Crippen LogP contribution in [-0.2, 0) is 28.6 Å². The molecule has 0 amide bonds. The van der Waals surface area contributed by atoms with E-state index in [1.165, 1.54) is 0 Å². The second kappa shape index (κ2) is 49.9. The number of ether oxygens (including phenoxy) is 3. The Labute approximate surface area is 385 Å². The van der Waals surface area contributed by atoms with Gasteiger partial charge in [-0.15, -0.1) is 0 Å². The first-order chi connectivity index (χ1) is 31.0. The van der Waals surface area contributed by atoms with Crippen molar-refractivity contribution in [1.29, 1.82) is 0 Å². The quantitative estimate of drug-likeness (QED) is 0.0200. The molecular weight excluding hydrogens is 781 g/mol. The maximum atomic E-state index is 12.8. The molecular formula is C57H86O6. The summed E-state index contributed by atoms with van der Waals surface area (Å²) in [5.41, 5.74) is 0. The van der Waals surface area contributed by atoms with Crippen molar-refractivity contribution in [3.8, 4) is 0 Å². The maximum Gasteiger partial charge on any atom is 0.306 e. The van der Waals surface area contributed by atoms with Gasteiger partial charge in [0.05, 0.1) is 0 Å². The van der Waals surface area contributed by atoms with Crippen molar-refractivity contribution in [2.45, 2.75) is 181 Å². The highest BCUT2D eigenvalue weighted by atomic mass is 16.6. The number of allylic oxidation sites excluding steroid dienone is 24. The Morgan fingerprint density at radius 3 is 1.17 bits per heavy atom. The summed E-state index contributed by atoms with van der Waals surface area (Å²) in [6, 6.07) is 0. The number of carbonyl (C=O) groups excluding carboxylic acids is 3. The predicted octanol–water partition coefficient (Wildman–Crippen LogP) is 16.1. The summed E-state index contributed by atoms with van der Waals surface area (Å²) in [6.07, 6.45) is 71.3. The monoisotopic (exact) mass is 867 g/mol. The number of hydrogen-bond acceptors (Lipinski definition) is 6. The number of carbonyl (C=O) groups is 3. The molecule has 0 aromatic carbocycles. The lowest BCUT2D eigenvalue weighted by molar-refractivity contribution is -0.166. The van der Waals surface area contributed by atoms with Crippen molar-refractivity contribution in [1.82, 2.24) is 0 Å². The molecule has 0 aliphatic heterocycles. The molecule has 6 nitrogen and oxygen atoms in total. The van der Waals surface area contributed by atoms with Gasteiger partial charge in [-0.1, -0.05) is 192 Å². The van der Waals surface area contributed by atoms with Crippen LogP contribution in [0, 0.1) is 0 Å². The van der Waals surface area contributed by atoms with Gasteiger partial charge in [0, 0.05) is 19.3 Å². The maximum absolute atomic E-state index is 12.8. The van der Waals surface area contributed by atoms with Crippen LogP contribution in [0.2, 0.25) is 0 Å². The van der Waals surface area contributed by atoms with E-state index in [2.05, 4.69) is 148 Å². The highest BCUT2D eigenvalue weighted by Crippen LogP contribution is 2.11. The van der Waals surface area contributed by atoms with Gasteiger partial charge in [-0.25, -0.2) is 0 Å². The SMILES string of the molecule is CC\C=C/C=C\C=C/CCCCCCCC(=O)OCC(COC(=O)CC/C=C\C/C=C\C/C=C\C/C=C\C/C=C\CC)OC(=O)CCCCC/C=C\C/C=C\C/C=C\C/C=C\CC. The lowest BCUT2D eigenvalue weighted by Gasteiger charge is -2.18. The van der Waals surface area contributed by atoms with E-state index in [0.29, 0.717) is 19.3 Å². The molecule has 1 unspecified atom stereocenters. The van der Waals surface area contributed by atoms with Crippen molar-refractivity contribution < 1.29 is 28.6 Å². The first-order valence-electron chi connectivity index (χ1n) is 24.4. The van der Waals surface area contributed by atoms with E-state index in [4.69, 9.17) is 14.2 Å². The van der Waals surface area contributed by atoms with Crippen LogP contribution in [0.3, 0.4) is 0 Å². The van der Waals surface area contributed by atoms with Gasteiger partial charge in [0.2, 0.25) is 0 Å². The first kappa shape index (κ1) is 58.3. The fraction of sp³-hybridized carbons (Fsp3) is 0.526. The van der Waals surface area contributed by atoms with Crippen molar-refractivity contribution in [2.75, 3.05) is 13.2 Å². The van der Waals surface area contributed by atoms with Crippen molar-refractivity contribution in [2.24, 2.45) is 0 Å². The molecule has 0 fully saturated rings. The van der Waals surface area contributed by atoms with Crippen molar-refractivity contribution in [3.05, 3.63) is 146 Å². The summed E-state index contributed by atoms with van der Waals surface area (Å²) < 4.78 is 16.6. The van der Waals surface area contributed by atoms with Gasteiger partial charge in [0.25, 0.3) is 0 Å². The molecule has 0 spiro atoms. The third-order valence-electron chi connectivity index (χ3n) is 9.39. The van der Waals surface area contributed by atoms with Gasteiger partial charge in [0.15, 0.2) is 6.10 Å². The van der Waals surface area contributed by atoms with E-state index in [0.717, 1.165) is 122 Å². The minimum atomic E-state index is -0.839. The molecule has 6 heteroatoms. The third kappa shape index (κ3) is 48.2. The van der Waals surface area contributed by atoms with Gasteiger partial charge >= 0.3 is 17.9 Å². The van der Waals surface area contributed by atoms with E-state index in [9.17, 15) is 14.4 Å². The average molecular weight is 867 g/mol. The second-order valence-corrected chi connectivity index (χ2v) is 15.3. The van der Waals surface area contributed by atoms with E-state index in [1.54, 1.807) is 0 Å². The summed E-state index contributed by atoms with van der Waals surface area (Å²) in [6.45, 7) is 6.13. The summed E-state index contributed by atoms with van der Waals surface area (Å²) in [4.78, 5) is 37.9. The van der Waals surface area contributed by atoms with Crippen LogP contribution in [0.5, 0.6) is 0 Å². The third-order valence-corrected chi connectivity index (χ3v) is 9.39. The van der Waals surface area contributed by atoms with Gasteiger partial charge in [-0.05, 0) is 109 Å². The Bertz CT molecular complexity index is 1460. The summed E-state index contributed by atoms with van der Waals surface area (Å²) in [5.74, 6) is -1.08. The van der Waals surface area contributed by atoms with Gasteiger partial charge < -0.3 is 14.2 Å². The fourth-order valence-corrected chi connectivity index (χ4v) is 5.83. The standard InChI is InChI=1S/C57H86O6/c1-4-7-10-13-16-19-22-25-27-29-32-35-38-41-44-47-50-56(59)62-53-54(52-61-55(58)49-46-43-40-37-34-31-24-21-18-15-12-9-6-3)63-57(60)51-48-45-42-39-36-33-30-28-26-23-20-17-14-11-8-5-2/h7-12,15-21,24-28,32-33,35-36,41,44,54H,4-6,13-14,22-23,29-31,34,37-40,42-43,45-53H2,1-3H3/b10-7-,11-8-,12-9-,18-15-,19-16-,20-17-,24-21-,27-25-,28-26-,35-32-,36-33-,44-41-. The molecule has 0 aromatic rings. The zero-order valence-electron chi connectivity index (χ0n) is 39.8.